The SMILES string of the molecule is c1ccc(C2CN3NCSC3N2)cc1. The Morgan fingerprint density at radius 2 is 2.14 bits per heavy atom. The molecule has 74 valence electrons. The van der Waals surface area contributed by atoms with E-state index in [0.29, 0.717) is 11.5 Å². The van der Waals surface area contributed by atoms with E-state index < -0.39 is 0 Å². The van der Waals surface area contributed by atoms with E-state index in [0.717, 1.165) is 12.4 Å². The number of hydrazine groups is 1. The second kappa shape index (κ2) is 3.55. The molecule has 1 aromatic carbocycles. The van der Waals surface area contributed by atoms with Crippen LogP contribution in [0.3, 0.4) is 0 Å². The highest BCUT2D eigenvalue weighted by Gasteiger charge is 2.35. The maximum atomic E-state index is 3.60. The van der Waals surface area contributed by atoms with Crippen LogP contribution in [0.5, 0.6) is 0 Å². The van der Waals surface area contributed by atoms with Gasteiger partial charge in [-0.25, -0.2) is 10.4 Å². The van der Waals surface area contributed by atoms with Gasteiger partial charge in [-0.15, -0.1) is 11.8 Å². The molecule has 3 nitrogen and oxygen atoms in total. The van der Waals surface area contributed by atoms with Gasteiger partial charge in [-0.3, -0.25) is 5.32 Å². The fourth-order valence-corrected chi connectivity index (χ4v) is 2.98. The Bertz CT molecular complexity index is 304. The van der Waals surface area contributed by atoms with Crippen molar-refractivity contribution in [3.8, 4) is 0 Å². The molecule has 0 spiro atoms. The normalized spacial score (nSPS) is 32.0. The number of benzene rings is 1. The molecule has 2 aliphatic rings. The van der Waals surface area contributed by atoms with Crippen molar-refractivity contribution in [3.05, 3.63) is 35.9 Å². The third-order valence-corrected chi connectivity index (χ3v) is 3.72. The lowest BCUT2D eigenvalue weighted by atomic mass is 10.1. The number of nitrogens with zero attached hydrogens (tertiary/aromatic N) is 1. The monoisotopic (exact) mass is 207 g/mol. The molecule has 3 rings (SSSR count). The van der Waals surface area contributed by atoms with Crippen LogP contribution in [0.15, 0.2) is 30.3 Å². The van der Waals surface area contributed by atoms with Gasteiger partial charge in [-0.05, 0) is 5.56 Å². The van der Waals surface area contributed by atoms with Crippen molar-refractivity contribution in [1.29, 1.82) is 0 Å². The van der Waals surface area contributed by atoms with Crippen LogP contribution < -0.4 is 10.7 Å². The zero-order valence-electron chi connectivity index (χ0n) is 7.81. The van der Waals surface area contributed by atoms with E-state index in [9.17, 15) is 0 Å². The molecule has 2 atom stereocenters. The lowest BCUT2D eigenvalue weighted by molar-refractivity contribution is 0.249. The molecule has 0 amide bonds. The van der Waals surface area contributed by atoms with Gasteiger partial charge >= 0.3 is 0 Å². The molecule has 2 fully saturated rings. The Morgan fingerprint density at radius 1 is 1.29 bits per heavy atom. The highest BCUT2D eigenvalue weighted by atomic mass is 32.2. The fraction of sp³-hybridized carbons (Fsp3) is 0.400. The first kappa shape index (κ1) is 8.73. The summed E-state index contributed by atoms with van der Waals surface area (Å²) >= 11 is 1.92. The Balaban J connectivity index is 1.77. The Morgan fingerprint density at radius 3 is 2.93 bits per heavy atom. The summed E-state index contributed by atoms with van der Waals surface area (Å²) in [6.07, 6.45) is 0. The summed E-state index contributed by atoms with van der Waals surface area (Å²) in [5.74, 6) is 1.03. The molecule has 1 aromatic rings. The summed E-state index contributed by atoms with van der Waals surface area (Å²) in [6, 6.07) is 11.1. The first-order valence-corrected chi connectivity index (χ1v) is 5.91. The van der Waals surface area contributed by atoms with Crippen molar-refractivity contribution in [1.82, 2.24) is 15.8 Å². The number of rotatable bonds is 1. The minimum Gasteiger partial charge on any atom is -0.284 e. The lowest BCUT2D eigenvalue weighted by Crippen LogP contribution is -2.34. The molecule has 2 saturated heterocycles. The zero-order valence-corrected chi connectivity index (χ0v) is 8.63. The van der Waals surface area contributed by atoms with E-state index in [1.807, 2.05) is 11.8 Å². The summed E-state index contributed by atoms with van der Waals surface area (Å²) in [5.41, 5.74) is 5.19. The maximum absolute atomic E-state index is 3.60. The topological polar surface area (TPSA) is 27.3 Å². The number of hydrogen-bond donors (Lipinski definition) is 2. The Hall–Kier alpha value is -0.550. The summed E-state index contributed by atoms with van der Waals surface area (Å²) < 4.78 is 0. The maximum Gasteiger partial charge on any atom is 0.123 e. The van der Waals surface area contributed by atoms with Crippen LogP contribution in [0.2, 0.25) is 0 Å². The molecule has 2 unspecified atom stereocenters. The first-order chi connectivity index (χ1) is 6.93. The van der Waals surface area contributed by atoms with Crippen LogP contribution in [0.25, 0.3) is 0 Å². The summed E-state index contributed by atoms with van der Waals surface area (Å²) in [4.78, 5) is 0. The van der Waals surface area contributed by atoms with Crippen molar-refractivity contribution in [2.24, 2.45) is 0 Å². The smallest absolute Gasteiger partial charge is 0.123 e. The van der Waals surface area contributed by atoms with Gasteiger partial charge in [-0.2, -0.15) is 0 Å². The zero-order chi connectivity index (χ0) is 9.38. The van der Waals surface area contributed by atoms with E-state index in [2.05, 4.69) is 46.1 Å². The predicted molar refractivity (Wildman–Crippen MR) is 58.4 cm³/mol. The second-order valence-corrected chi connectivity index (χ2v) is 4.67. The largest absolute Gasteiger partial charge is 0.284 e. The molecule has 2 N–H and O–H groups in total. The van der Waals surface area contributed by atoms with Crippen molar-refractivity contribution >= 4 is 11.8 Å². The van der Waals surface area contributed by atoms with Crippen molar-refractivity contribution in [2.75, 3.05) is 12.4 Å². The minimum atomic E-state index is 0.459. The van der Waals surface area contributed by atoms with Crippen LogP contribution in [-0.4, -0.2) is 22.9 Å². The second-order valence-electron chi connectivity index (χ2n) is 3.60. The quantitative estimate of drug-likeness (QED) is 0.722. The molecule has 2 aliphatic heterocycles. The highest BCUT2D eigenvalue weighted by molar-refractivity contribution is 7.99. The standard InChI is InChI=1S/C10H13N3S/c1-2-4-8(5-3-1)9-6-13-10(12-9)14-7-11-13/h1-5,9-12H,6-7H2. The van der Waals surface area contributed by atoms with Gasteiger partial charge in [0, 0.05) is 12.6 Å². The number of fused-ring (bicyclic) bond motifs is 1. The highest BCUT2D eigenvalue weighted by Crippen LogP contribution is 2.29. The van der Waals surface area contributed by atoms with Crippen molar-refractivity contribution < 1.29 is 0 Å². The minimum absolute atomic E-state index is 0.459. The van der Waals surface area contributed by atoms with Crippen LogP contribution in [0.1, 0.15) is 11.6 Å². The number of thioether (sulfide) groups is 1. The van der Waals surface area contributed by atoms with E-state index in [1.54, 1.807) is 0 Å². The number of nitrogens with one attached hydrogen (secondary N) is 2. The van der Waals surface area contributed by atoms with E-state index in [4.69, 9.17) is 0 Å². The van der Waals surface area contributed by atoms with Gasteiger partial charge in [0.25, 0.3) is 0 Å². The van der Waals surface area contributed by atoms with Crippen LogP contribution >= 0.6 is 11.8 Å². The van der Waals surface area contributed by atoms with Gasteiger partial charge in [0.1, 0.15) is 5.50 Å². The first-order valence-electron chi connectivity index (χ1n) is 4.86. The van der Waals surface area contributed by atoms with Crippen LogP contribution in [0.4, 0.5) is 0 Å². The van der Waals surface area contributed by atoms with Crippen LogP contribution in [0, 0.1) is 0 Å². The van der Waals surface area contributed by atoms with E-state index >= 15 is 0 Å². The Labute approximate surface area is 87.8 Å². The summed E-state index contributed by atoms with van der Waals surface area (Å²) in [5, 5.41) is 5.88. The third-order valence-electron chi connectivity index (χ3n) is 2.72. The van der Waals surface area contributed by atoms with Gasteiger partial charge in [0.15, 0.2) is 0 Å². The molecule has 0 aliphatic carbocycles. The molecule has 0 saturated carbocycles. The molecular formula is C10H13N3S. The Kier molecular flexibility index (Phi) is 2.21. The molecule has 2 heterocycles. The number of hydrogen-bond acceptors (Lipinski definition) is 4. The van der Waals surface area contributed by atoms with Gasteiger partial charge in [0.05, 0.1) is 5.88 Å². The molecule has 0 bridgehead atoms. The molecule has 0 aromatic heterocycles. The van der Waals surface area contributed by atoms with Crippen LogP contribution in [-0.2, 0) is 0 Å². The third kappa shape index (κ3) is 1.44. The fourth-order valence-electron chi connectivity index (χ4n) is 1.98. The predicted octanol–water partition coefficient (Wildman–Crippen LogP) is 1.13. The molecule has 0 radical (unpaired) electrons. The van der Waals surface area contributed by atoms with Crippen molar-refractivity contribution in [2.45, 2.75) is 11.5 Å². The summed E-state index contributed by atoms with van der Waals surface area (Å²) in [6.45, 7) is 1.06. The van der Waals surface area contributed by atoms with Gasteiger partial charge < -0.3 is 0 Å². The van der Waals surface area contributed by atoms with E-state index in [-0.39, 0.29) is 0 Å². The van der Waals surface area contributed by atoms with Gasteiger partial charge in [0.2, 0.25) is 0 Å². The molecular weight excluding hydrogens is 194 g/mol. The average Bonchev–Trinajstić information content (AvgIpc) is 2.78. The molecule has 4 heteroatoms. The van der Waals surface area contributed by atoms with E-state index in [1.165, 1.54) is 5.56 Å². The summed E-state index contributed by atoms with van der Waals surface area (Å²) in [7, 11) is 0. The van der Waals surface area contributed by atoms with Gasteiger partial charge in [-0.1, -0.05) is 30.3 Å². The average molecular weight is 207 g/mol. The lowest BCUT2D eigenvalue weighted by Gasteiger charge is -2.11. The van der Waals surface area contributed by atoms with Crippen molar-refractivity contribution in [3.63, 3.8) is 0 Å². The molecule has 14 heavy (non-hydrogen) atoms.